The van der Waals surface area contributed by atoms with Gasteiger partial charge in [-0.15, -0.1) is 11.3 Å². The molecular formula is C16H23N3OS. The van der Waals surface area contributed by atoms with Crippen LogP contribution in [0.4, 0.5) is 9.93 Å². The Bertz CT molecular complexity index is 539. The number of rotatable bonds is 2. The first-order valence-electron chi connectivity index (χ1n) is 8.27. The lowest BCUT2D eigenvalue weighted by Crippen LogP contribution is -2.44. The van der Waals surface area contributed by atoms with E-state index >= 15 is 0 Å². The summed E-state index contributed by atoms with van der Waals surface area (Å²) in [6.07, 6.45) is 8.74. The van der Waals surface area contributed by atoms with Gasteiger partial charge < -0.3 is 4.90 Å². The van der Waals surface area contributed by atoms with Crippen molar-refractivity contribution in [2.24, 2.45) is 5.92 Å². The van der Waals surface area contributed by atoms with Gasteiger partial charge in [-0.3, -0.25) is 5.32 Å². The summed E-state index contributed by atoms with van der Waals surface area (Å²) in [7, 11) is 0. The lowest BCUT2D eigenvalue weighted by atomic mass is 9.85. The summed E-state index contributed by atoms with van der Waals surface area (Å²) in [4.78, 5) is 19.3. The van der Waals surface area contributed by atoms with E-state index in [1.54, 1.807) is 11.3 Å². The average molecular weight is 305 g/mol. The number of hydrogen-bond acceptors (Lipinski definition) is 3. The molecule has 5 heteroatoms. The second kappa shape index (κ2) is 5.27. The van der Waals surface area contributed by atoms with Crippen LogP contribution in [-0.4, -0.2) is 28.0 Å². The van der Waals surface area contributed by atoms with Crippen molar-refractivity contribution in [3.8, 4) is 0 Å². The zero-order chi connectivity index (χ0) is 14.4. The third kappa shape index (κ3) is 2.56. The molecule has 3 fully saturated rings. The number of urea groups is 1. The minimum atomic E-state index is 0.0635. The van der Waals surface area contributed by atoms with Crippen molar-refractivity contribution in [3.05, 3.63) is 11.1 Å². The number of likely N-dealkylation sites (tertiary alicyclic amines) is 1. The van der Waals surface area contributed by atoms with Gasteiger partial charge in [-0.2, -0.15) is 0 Å². The number of fused-ring (bicyclic) bond motifs is 1. The molecule has 1 N–H and O–H groups in total. The van der Waals surface area contributed by atoms with Crippen molar-refractivity contribution in [2.45, 2.75) is 69.9 Å². The Morgan fingerprint density at radius 1 is 1.33 bits per heavy atom. The third-order valence-electron chi connectivity index (χ3n) is 5.31. The van der Waals surface area contributed by atoms with Gasteiger partial charge in [0.05, 0.1) is 5.69 Å². The maximum Gasteiger partial charge on any atom is 0.324 e. The molecule has 1 saturated heterocycles. The predicted octanol–water partition coefficient (Wildman–Crippen LogP) is 4.21. The number of nitrogens with zero attached hydrogens (tertiary/aromatic N) is 2. The van der Waals surface area contributed by atoms with Gasteiger partial charge in [-0.1, -0.05) is 12.8 Å². The average Bonchev–Trinajstić information content (AvgIpc) is 3.12. The standard InChI is InChI=1S/C16H23N3OS/c1-10-8-12-4-2-3-5-14(12)19(10)16(20)18-15-17-13(9-21-15)11-6-7-11/h9-12,14H,2-8H2,1H3,(H,17,18,20)/t10-,12+,14-/m1/s1. The number of hydrogen-bond donors (Lipinski definition) is 1. The molecule has 1 aromatic rings. The minimum absolute atomic E-state index is 0.0635. The fourth-order valence-corrected chi connectivity index (χ4v) is 4.91. The van der Waals surface area contributed by atoms with Crippen molar-refractivity contribution in [2.75, 3.05) is 5.32 Å². The number of thiazole rings is 1. The van der Waals surface area contributed by atoms with E-state index in [-0.39, 0.29) is 6.03 Å². The minimum Gasteiger partial charge on any atom is -0.319 e. The van der Waals surface area contributed by atoms with E-state index in [4.69, 9.17) is 0 Å². The van der Waals surface area contributed by atoms with E-state index < -0.39 is 0 Å². The highest BCUT2D eigenvalue weighted by Gasteiger charge is 2.42. The monoisotopic (exact) mass is 305 g/mol. The number of amides is 2. The summed E-state index contributed by atoms with van der Waals surface area (Å²) in [5.41, 5.74) is 1.17. The molecule has 4 nitrogen and oxygen atoms in total. The quantitative estimate of drug-likeness (QED) is 0.889. The van der Waals surface area contributed by atoms with Crippen LogP contribution in [0.15, 0.2) is 5.38 Å². The highest BCUT2D eigenvalue weighted by molar-refractivity contribution is 7.13. The first kappa shape index (κ1) is 13.6. The Morgan fingerprint density at radius 2 is 2.14 bits per heavy atom. The van der Waals surface area contributed by atoms with Crippen LogP contribution in [0.25, 0.3) is 0 Å². The van der Waals surface area contributed by atoms with Crippen LogP contribution in [0.1, 0.15) is 63.5 Å². The molecule has 1 aliphatic heterocycles. The van der Waals surface area contributed by atoms with Crippen molar-refractivity contribution in [1.29, 1.82) is 0 Å². The molecule has 0 bridgehead atoms. The van der Waals surface area contributed by atoms with Gasteiger partial charge in [0, 0.05) is 23.4 Å². The Kier molecular flexibility index (Phi) is 3.40. The SMILES string of the molecule is C[C@@H]1C[C@@H]2CCCC[C@H]2N1C(=O)Nc1nc(C2CC2)cs1. The molecule has 21 heavy (non-hydrogen) atoms. The van der Waals surface area contributed by atoms with Crippen LogP contribution in [0, 0.1) is 5.92 Å². The lowest BCUT2D eigenvalue weighted by Gasteiger charge is -2.32. The second-order valence-electron chi connectivity index (χ2n) is 6.89. The van der Waals surface area contributed by atoms with Gasteiger partial charge in [-0.05, 0) is 44.9 Å². The number of aromatic nitrogens is 1. The summed E-state index contributed by atoms with van der Waals surface area (Å²) in [5, 5.41) is 5.92. The molecule has 3 atom stereocenters. The van der Waals surface area contributed by atoms with Gasteiger partial charge in [0.1, 0.15) is 0 Å². The van der Waals surface area contributed by atoms with E-state index in [1.165, 1.54) is 50.6 Å². The number of nitrogens with one attached hydrogen (secondary N) is 1. The summed E-state index contributed by atoms with van der Waals surface area (Å²) < 4.78 is 0. The largest absolute Gasteiger partial charge is 0.324 e. The maximum absolute atomic E-state index is 12.7. The van der Waals surface area contributed by atoms with Crippen molar-refractivity contribution in [1.82, 2.24) is 9.88 Å². The molecule has 2 aliphatic carbocycles. The van der Waals surface area contributed by atoms with Gasteiger partial charge in [0.2, 0.25) is 0 Å². The van der Waals surface area contributed by atoms with Gasteiger partial charge in [0.25, 0.3) is 0 Å². The topological polar surface area (TPSA) is 45.2 Å². The smallest absolute Gasteiger partial charge is 0.319 e. The molecular weight excluding hydrogens is 282 g/mol. The molecule has 0 unspecified atom stereocenters. The Morgan fingerprint density at radius 3 is 2.95 bits per heavy atom. The molecule has 0 aromatic carbocycles. The van der Waals surface area contributed by atoms with Gasteiger partial charge in [-0.25, -0.2) is 9.78 Å². The number of anilines is 1. The molecule has 2 heterocycles. The van der Waals surface area contributed by atoms with Crippen molar-refractivity contribution < 1.29 is 4.79 Å². The van der Waals surface area contributed by atoms with Crippen LogP contribution in [0.2, 0.25) is 0 Å². The zero-order valence-corrected chi connectivity index (χ0v) is 13.4. The van der Waals surface area contributed by atoms with Crippen LogP contribution in [0.3, 0.4) is 0 Å². The normalized spacial score (nSPS) is 32.0. The van der Waals surface area contributed by atoms with E-state index in [0.717, 1.165) is 11.0 Å². The number of carbonyl (C=O) groups excluding carboxylic acids is 1. The zero-order valence-electron chi connectivity index (χ0n) is 12.5. The van der Waals surface area contributed by atoms with Crippen molar-refractivity contribution >= 4 is 22.5 Å². The highest BCUT2D eigenvalue weighted by atomic mass is 32.1. The lowest BCUT2D eigenvalue weighted by molar-refractivity contribution is 0.168. The van der Waals surface area contributed by atoms with E-state index in [9.17, 15) is 4.79 Å². The van der Waals surface area contributed by atoms with Gasteiger partial charge in [0.15, 0.2) is 5.13 Å². The van der Waals surface area contributed by atoms with Gasteiger partial charge >= 0.3 is 6.03 Å². The van der Waals surface area contributed by atoms with Crippen LogP contribution in [0.5, 0.6) is 0 Å². The molecule has 4 rings (SSSR count). The third-order valence-corrected chi connectivity index (χ3v) is 6.09. The maximum atomic E-state index is 12.7. The van der Waals surface area contributed by atoms with E-state index in [1.807, 2.05) is 0 Å². The van der Waals surface area contributed by atoms with E-state index in [2.05, 4.69) is 27.5 Å². The molecule has 2 amide bonds. The van der Waals surface area contributed by atoms with Crippen LogP contribution < -0.4 is 5.32 Å². The van der Waals surface area contributed by atoms with E-state index in [0.29, 0.717) is 18.0 Å². The first-order chi connectivity index (χ1) is 10.2. The first-order valence-corrected chi connectivity index (χ1v) is 9.15. The summed E-state index contributed by atoms with van der Waals surface area (Å²) in [6.45, 7) is 2.19. The van der Waals surface area contributed by atoms with Crippen molar-refractivity contribution in [3.63, 3.8) is 0 Å². The highest BCUT2D eigenvalue weighted by Crippen LogP contribution is 2.42. The predicted molar refractivity (Wildman–Crippen MR) is 84.8 cm³/mol. The fraction of sp³-hybridized carbons (Fsp3) is 0.750. The summed E-state index contributed by atoms with van der Waals surface area (Å²) >= 11 is 1.57. The summed E-state index contributed by atoms with van der Waals surface area (Å²) in [6, 6.07) is 0.881. The second-order valence-corrected chi connectivity index (χ2v) is 7.74. The summed E-state index contributed by atoms with van der Waals surface area (Å²) in [5.74, 6) is 1.37. The Hall–Kier alpha value is -1.10. The Balaban J connectivity index is 1.45. The van der Waals surface area contributed by atoms with Crippen LogP contribution in [-0.2, 0) is 0 Å². The number of carbonyl (C=O) groups is 1. The molecule has 3 aliphatic rings. The fourth-order valence-electron chi connectivity index (χ4n) is 4.12. The van der Waals surface area contributed by atoms with Crippen LogP contribution >= 0.6 is 11.3 Å². The molecule has 0 spiro atoms. The Labute approximate surface area is 129 Å². The molecule has 0 radical (unpaired) electrons. The molecule has 1 aromatic heterocycles. The molecule has 2 saturated carbocycles. The molecule has 114 valence electrons.